The van der Waals surface area contributed by atoms with Crippen molar-refractivity contribution in [2.45, 2.75) is 32.1 Å². The number of halogens is 1. The summed E-state index contributed by atoms with van der Waals surface area (Å²) in [6.07, 6.45) is 2.45. The third kappa shape index (κ3) is 3.50. The highest BCUT2D eigenvalue weighted by Gasteiger charge is 2.45. The van der Waals surface area contributed by atoms with Crippen LogP contribution in [0.4, 0.5) is 0 Å². The minimum Gasteiger partial charge on any atom is -0.357 e. The maximum atomic E-state index is 4.73. The molecule has 1 aromatic rings. The zero-order valence-corrected chi connectivity index (χ0v) is 13.3. The first-order valence-electron chi connectivity index (χ1n) is 6.99. The molecule has 2 rings (SSSR count). The summed E-state index contributed by atoms with van der Waals surface area (Å²) in [5, 5.41) is 6.55. The Kier molecular flexibility index (Phi) is 4.86. The van der Waals surface area contributed by atoms with Crippen LogP contribution in [0.3, 0.4) is 0 Å². The molecular weight excluding hydrogens is 302 g/mol. The Labute approximate surface area is 124 Å². The second-order valence-electron chi connectivity index (χ2n) is 4.99. The molecule has 1 aromatic carbocycles. The molecule has 104 valence electrons. The molecule has 1 aliphatic carbocycles. The van der Waals surface area contributed by atoms with Crippen molar-refractivity contribution >= 4 is 21.9 Å². The fraction of sp³-hybridized carbons (Fsp3) is 0.533. The molecule has 1 fully saturated rings. The molecule has 0 radical (unpaired) electrons. The van der Waals surface area contributed by atoms with Crippen LogP contribution < -0.4 is 10.6 Å². The Balaban J connectivity index is 2.09. The van der Waals surface area contributed by atoms with E-state index in [1.165, 1.54) is 22.9 Å². The lowest BCUT2D eigenvalue weighted by molar-refractivity contribution is 0.691. The standard InChI is InChI=1S/C15H22BrN3/c1-3-17-14(18-4-2)19-11-15(9-10-15)12-7-5-6-8-13(12)16/h5-8H,3-4,9-11H2,1-2H3,(H2,17,18,19). The molecule has 3 nitrogen and oxygen atoms in total. The van der Waals surface area contributed by atoms with Crippen LogP contribution in [0, 0.1) is 0 Å². The Bertz CT molecular complexity index is 444. The SMILES string of the molecule is CCNC(=NCC1(c2ccccc2Br)CC1)NCC. The molecule has 0 spiro atoms. The van der Waals surface area contributed by atoms with E-state index in [4.69, 9.17) is 4.99 Å². The van der Waals surface area contributed by atoms with Crippen LogP contribution in [0.25, 0.3) is 0 Å². The van der Waals surface area contributed by atoms with E-state index in [0.717, 1.165) is 25.6 Å². The molecule has 2 N–H and O–H groups in total. The topological polar surface area (TPSA) is 36.4 Å². The smallest absolute Gasteiger partial charge is 0.191 e. The summed E-state index contributed by atoms with van der Waals surface area (Å²) < 4.78 is 1.20. The van der Waals surface area contributed by atoms with Crippen LogP contribution in [0.2, 0.25) is 0 Å². The number of benzene rings is 1. The van der Waals surface area contributed by atoms with Crippen molar-refractivity contribution in [1.29, 1.82) is 0 Å². The van der Waals surface area contributed by atoms with Crippen LogP contribution in [-0.2, 0) is 5.41 Å². The lowest BCUT2D eigenvalue weighted by Gasteiger charge is -2.16. The number of aliphatic imine (C=N–C) groups is 1. The van der Waals surface area contributed by atoms with Gasteiger partial charge in [0.25, 0.3) is 0 Å². The van der Waals surface area contributed by atoms with Crippen molar-refractivity contribution in [2.24, 2.45) is 4.99 Å². The maximum Gasteiger partial charge on any atom is 0.191 e. The van der Waals surface area contributed by atoms with Gasteiger partial charge in [0.1, 0.15) is 0 Å². The van der Waals surface area contributed by atoms with Gasteiger partial charge in [-0.05, 0) is 38.3 Å². The van der Waals surface area contributed by atoms with Gasteiger partial charge in [-0.25, -0.2) is 0 Å². The highest BCUT2D eigenvalue weighted by Crippen LogP contribution is 2.50. The fourth-order valence-electron chi connectivity index (χ4n) is 2.29. The van der Waals surface area contributed by atoms with E-state index < -0.39 is 0 Å². The molecule has 0 amide bonds. The van der Waals surface area contributed by atoms with Gasteiger partial charge in [-0.1, -0.05) is 34.1 Å². The third-order valence-electron chi connectivity index (χ3n) is 3.53. The Morgan fingerprint density at radius 2 is 1.84 bits per heavy atom. The summed E-state index contributed by atoms with van der Waals surface area (Å²) in [7, 11) is 0. The molecule has 1 saturated carbocycles. The maximum absolute atomic E-state index is 4.73. The average Bonchev–Trinajstić information content (AvgIpc) is 3.18. The molecule has 4 heteroatoms. The van der Waals surface area contributed by atoms with Crippen LogP contribution in [0.15, 0.2) is 33.7 Å². The highest BCUT2D eigenvalue weighted by molar-refractivity contribution is 9.10. The van der Waals surface area contributed by atoms with Gasteiger partial charge in [0.2, 0.25) is 0 Å². The third-order valence-corrected chi connectivity index (χ3v) is 4.22. The van der Waals surface area contributed by atoms with Crippen molar-refractivity contribution in [2.75, 3.05) is 19.6 Å². The van der Waals surface area contributed by atoms with E-state index in [9.17, 15) is 0 Å². The number of guanidine groups is 1. The van der Waals surface area contributed by atoms with Gasteiger partial charge in [-0.3, -0.25) is 4.99 Å². The van der Waals surface area contributed by atoms with E-state index in [0.29, 0.717) is 0 Å². The minimum absolute atomic E-state index is 0.246. The predicted molar refractivity (Wildman–Crippen MR) is 84.7 cm³/mol. The summed E-state index contributed by atoms with van der Waals surface area (Å²) in [5.74, 6) is 0.920. The van der Waals surface area contributed by atoms with Gasteiger partial charge in [0, 0.05) is 23.0 Å². The van der Waals surface area contributed by atoms with E-state index in [2.05, 4.69) is 64.7 Å². The number of hydrogen-bond donors (Lipinski definition) is 2. The first-order valence-corrected chi connectivity index (χ1v) is 7.78. The minimum atomic E-state index is 0.246. The van der Waals surface area contributed by atoms with Crippen molar-refractivity contribution in [3.05, 3.63) is 34.3 Å². The lowest BCUT2D eigenvalue weighted by Crippen LogP contribution is -2.37. The monoisotopic (exact) mass is 323 g/mol. The normalized spacial score (nSPS) is 15.7. The van der Waals surface area contributed by atoms with Gasteiger partial charge in [-0.15, -0.1) is 0 Å². The van der Waals surface area contributed by atoms with Crippen molar-refractivity contribution in [3.8, 4) is 0 Å². The van der Waals surface area contributed by atoms with Crippen molar-refractivity contribution in [1.82, 2.24) is 10.6 Å². The summed E-state index contributed by atoms with van der Waals surface area (Å²) in [5.41, 5.74) is 1.64. The first-order chi connectivity index (χ1) is 9.22. The first kappa shape index (κ1) is 14.4. The van der Waals surface area contributed by atoms with Crippen LogP contribution in [0.5, 0.6) is 0 Å². The molecule has 0 atom stereocenters. The summed E-state index contributed by atoms with van der Waals surface area (Å²) in [6.45, 7) is 6.83. The molecule has 0 heterocycles. The number of rotatable bonds is 5. The molecule has 1 aliphatic rings. The van der Waals surface area contributed by atoms with Gasteiger partial charge in [0.05, 0.1) is 6.54 Å². The zero-order valence-electron chi connectivity index (χ0n) is 11.7. The average molecular weight is 324 g/mol. The summed E-state index contributed by atoms with van der Waals surface area (Å²) in [4.78, 5) is 4.73. The van der Waals surface area contributed by atoms with E-state index in [-0.39, 0.29) is 5.41 Å². The summed E-state index contributed by atoms with van der Waals surface area (Å²) in [6, 6.07) is 8.51. The molecule has 0 saturated heterocycles. The fourth-order valence-corrected chi connectivity index (χ4v) is 3.00. The van der Waals surface area contributed by atoms with E-state index in [1.54, 1.807) is 0 Å². The Morgan fingerprint density at radius 3 is 2.37 bits per heavy atom. The highest BCUT2D eigenvalue weighted by atomic mass is 79.9. The predicted octanol–water partition coefficient (Wildman–Crippen LogP) is 3.06. The van der Waals surface area contributed by atoms with Crippen LogP contribution in [-0.4, -0.2) is 25.6 Å². The molecule has 0 aliphatic heterocycles. The van der Waals surface area contributed by atoms with Gasteiger partial charge >= 0.3 is 0 Å². The molecule has 19 heavy (non-hydrogen) atoms. The second kappa shape index (κ2) is 6.42. The second-order valence-corrected chi connectivity index (χ2v) is 5.84. The van der Waals surface area contributed by atoms with Crippen LogP contribution >= 0.6 is 15.9 Å². The Hall–Kier alpha value is -1.03. The molecule has 0 bridgehead atoms. The molecule has 0 aromatic heterocycles. The van der Waals surface area contributed by atoms with Crippen molar-refractivity contribution < 1.29 is 0 Å². The van der Waals surface area contributed by atoms with Crippen LogP contribution in [0.1, 0.15) is 32.3 Å². The lowest BCUT2D eigenvalue weighted by atomic mass is 9.96. The van der Waals surface area contributed by atoms with Gasteiger partial charge in [-0.2, -0.15) is 0 Å². The van der Waals surface area contributed by atoms with E-state index >= 15 is 0 Å². The van der Waals surface area contributed by atoms with E-state index in [1.807, 2.05) is 0 Å². The quantitative estimate of drug-likeness (QED) is 0.645. The number of hydrogen-bond acceptors (Lipinski definition) is 1. The van der Waals surface area contributed by atoms with Crippen molar-refractivity contribution in [3.63, 3.8) is 0 Å². The largest absolute Gasteiger partial charge is 0.357 e. The number of nitrogens with zero attached hydrogens (tertiary/aromatic N) is 1. The molecular formula is C15H22BrN3. The van der Waals surface area contributed by atoms with Gasteiger partial charge in [0.15, 0.2) is 5.96 Å². The molecule has 0 unspecified atom stereocenters. The summed E-state index contributed by atoms with van der Waals surface area (Å²) >= 11 is 3.66. The zero-order chi connectivity index (χ0) is 13.7. The Morgan fingerprint density at radius 1 is 1.21 bits per heavy atom. The van der Waals surface area contributed by atoms with Gasteiger partial charge < -0.3 is 10.6 Å². The number of nitrogens with one attached hydrogen (secondary N) is 2.